The van der Waals surface area contributed by atoms with Gasteiger partial charge in [0.15, 0.2) is 5.96 Å². The summed E-state index contributed by atoms with van der Waals surface area (Å²) in [7, 11) is 1.75. The Balaban J connectivity index is 1.86. The number of hydrogen-bond donors (Lipinski definition) is 2. The van der Waals surface area contributed by atoms with Gasteiger partial charge in [0.2, 0.25) is 0 Å². The highest BCUT2D eigenvalue weighted by molar-refractivity contribution is 5.79. The van der Waals surface area contributed by atoms with Crippen LogP contribution in [0.5, 0.6) is 0 Å². The number of rotatable bonds is 4. The summed E-state index contributed by atoms with van der Waals surface area (Å²) in [6, 6.07) is 7.11. The Hall–Kier alpha value is -2.11. The van der Waals surface area contributed by atoms with E-state index in [0.717, 1.165) is 24.4 Å². The number of nitrogens with zero attached hydrogens (tertiary/aromatic N) is 2. The second-order valence-electron chi connectivity index (χ2n) is 6.94. The molecule has 6 heteroatoms. The Kier molecular flexibility index (Phi) is 5.58. The lowest BCUT2D eigenvalue weighted by atomic mass is 9.75. The molecule has 23 heavy (non-hydrogen) atoms. The molecule has 0 amide bonds. The molecule has 2 N–H and O–H groups in total. The Morgan fingerprint density at radius 2 is 2.09 bits per heavy atom. The molecule has 1 fully saturated rings. The third-order valence-corrected chi connectivity index (χ3v) is 4.48. The molecule has 1 aliphatic rings. The van der Waals surface area contributed by atoms with Crippen LogP contribution in [-0.2, 0) is 6.54 Å². The molecule has 0 atom stereocenters. The average molecular weight is 318 g/mol. The first kappa shape index (κ1) is 17.2. The first-order valence-electron chi connectivity index (χ1n) is 8.10. The van der Waals surface area contributed by atoms with Crippen molar-refractivity contribution in [2.24, 2.45) is 10.4 Å². The van der Waals surface area contributed by atoms with E-state index >= 15 is 0 Å². The fraction of sp³-hybridized carbons (Fsp3) is 0.588. The first-order chi connectivity index (χ1) is 10.9. The van der Waals surface area contributed by atoms with E-state index in [1.807, 2.05) is 6.07 Å². The van der Waals surface area contributed by atoms with Crippen LogP contribution in [0.25, 0.3) is 0 Å². The molecule has 0 spiro atoms. The van der Waals surface area contributed by atoms with Crippen LogP contribution in [0, 0.1) is 15.5 Å². The number of hydrogen-bond acceptors (Lipinski definition) is 3. The van der Waals surface area contributed by atoms with Crippen molar-refractivity contribution in [3.05, 3.63) is 39.9 Å². The van der Waals surface area contributed by atoms with Crippen molar-refractivity contribution in [1.29, 1.82) is 0 Å². The number of benzene rings is 1. The van der Waals surface area contributed by atoms with Gasteiger partial charge in [-0.2, -0.15) is 0 Å². The summed E-state index contributed by atoms with van der Waals surface area (Å²) in [4.78, 5) is 14.7. The summed E-state index contributed by atoms with van der Waals surface area (Å²) in [5.74, 6) is 0.751. The molecule has 0 aromatic heterocycles. The third-order valence-electron chi connectivity index (χ3n) is 4.48. The van der Waals surface area contributed by atoms with Gasteiger partial charge in [-0.15, -0.1) is 0 Å². The van der Waals surface area contributed by atoms with E-state index in [4.69, 9.17) is 0 Å². The molecule has 1 aromatic carbocycles. The summed E-state index contributed by atoms with van der Waals surface area (Å²) in [5, 5.41) is 17.5. The van der Waals surface area contributed by atoms with Crippen LogP contribution in [0.15, 0.2) is 29.3 Å². The Labute approximate surface area is 137 Å². The van der Waals surface area contributed by atoms with E-state index in [0.29, 0.717) is 18.0 Å². The van der Waals surface area contributed by atoms with Crippen molar-refractivity contribution in [2.45, 2.75) is 52.1 Å². The van der Waals surface area contributed by atoms with Crippen LogP contribution in [0.2, 0.25) is 0 Å². The summed E-state index contributed by atoms with van der Waals surface area (Å²) in [5.41, 5.74) is 1.42. The fourth-order valence-electron chi connectivity index (χ4n) is 2.90. The molecule has 0 unspecified atom stereocenters. The predicted octanol–water partition coefficient (Wildman–Crippen LogP) is 3.23. The lowest BCUT2D eigenvalue weighted by Gasteiger charge is -2.35. The largest absolute Gasteiger partial charge is 0.354 e. The maximum absolute atomic E-state index is 10.8. The number of guanidine groups is 1. The monoisotopic (exact) mass is 318 g/mol. The van der Waals surface area contributed by atoms with Crippen molar-refractivity contribution in [3.63, 3.8) is 0 Å². The molecular formula is C17H26N4O2. The zero-order valence-corrected chi connectivity index (χ0v) is 14.1. The van der Waals surface area contributed by atoms with E-state index in [2.05, 4.69) is 29.5 Å². The SMILES string of the molecule is CN=C(NCc1cccc([N+](=O)[O-])c1)NC1CCC(C)(C)CC1. The van der Waals surface area contributed by atoms with Gasteiger partial charge >= 0.3 is 0 Å². The maximum atomic E-state index is 10.8. The van der Waals surface area contributed by atoms with Gasteiger partial charge in [0.1, 0.15) is 0 Å². The highest BCUT2D eigenvalue weighted by atomic mass is 16.6. The summed E-state index contributed by atoms with van der Waals surface area (Å²) >= 11 is 0. The van der Waals surface area contributed by atoms with Crippen molar-refractivity contribution < 1.29 is 4.92 Å². The summed E-state index contributed by atoms with van der Waals surface area (Å²) < 4.78 is 0. The Bertz CT molecular complexity index is 574. The van der Waals surface area contributed by atoms with Gasteiger partial charge < -0.3 is 10.6 Å². The first-order valence-corrected chi connectivity index (χ1v) is 8.10. The molecule has 0 heterocycles. The molecular weight excluding hydrogens is 292 g/mol. The molecule has 126 valence electrons. The normalized spacial score (nSPS) is 18.5. The lowest BCUT2D eigenvalue weighted by molar-refractivity contribution is -0.384. The minimum atomic E-state index is -0.375. The van der Waals surface area contributed by atoms with E-state index in [1.165, 1.54) is 18.9 Å². The number of non-ortho nitro benzene ring substituents is 1. The maximum Gasteiger partial charge on any atom is 0.269 e. The zero-order valence-electron chi connectivity index (χ0n) is 14.1. The number of nitrogens with one attached hydrogen (secondary N) is 2. The number of aliphatic imine (C=N–C) groups is 1. The molecule has 0 bridgehead atoms. The van der Waals surface area contributed by atoms with E-state index < -0.39 is 0 Å². The molecule has 1 saturated carbocycles. The van der Waals surface area contributed by atoms with Gasteiger partial charge in [0.05, 0.1) is 4.92 Å². The topological polar surface area (TPSA) is 79.6 Å². The minimum Gasteiger partial charge on any atom is -0.354 e. The van der Waals surface area contributed by atoms with E-state index in [9.17, 15) is 10.1 Å². The van der Waals surface area contributed by atoms with Crippen molar-refractivity contribution in [2.75, 3.05) is 7.05 Å². The molecule has 1 aliphatic carbocycles. The number of nitro groups is 1. The van der Waals surface area contributed by atoms with E-state index in [-0.39, 0.29) is 10.6 Å². The van der Waals surface area contributed by atoms with Crippen LogP contribution in [0.1, 0.15) is 45.1 Å². The molecule has 0 saturated heterocycles. The second-order valence-corrected chi connectivity index (χ2v) is 6.94. The average Bonchev–Trinajstić information content (AvgIpc) is 2.53. The minimum absolute atomic E-state index is 0.113. The van der Waals surface area contributed by atoms with Gasteiger partial charge in [-0.25, -0.2) is 0 Å². The molecule has 2 rings (SSSR count). The standard InChI is InChI=1S/C17H26N4O2/c1-17(2)9-7-14(8-10-17)20-16(18-3)19-12-13-5-4-6-15(11-13)21(22)23/h4-6,11,14H,7-10,12H2,1-3H3,(H2,18,19,20). The van der Waals surface area contributed by atoms with Crippen LogP contribution >= 0.6 is 0 Å². The zero-order chi connectivity index (χ0) is 16.9. The summed E-state index contributed by atoms with van der Waals surface area (Å²) in [6.45, 7) is 5.15. The van der Waals surface area contributed by atoms with Gasteiger partial charge in [0, 0.05) is 31.8 Å². The fourth-order valence-corrected chi connectivity index (χ4v) is 2.90. The van der Waals surface area contributed by atoms with Gasteiger partial charge in [-0.1, -0.05) is 26.0 Å². The van der Waals surface area contributed by atoms with Crippen LogP contribution in [0.3, 0.4) is 0 Å². The van der Waals surface area contributed by atoms with Crippen LogP contribution in [0.4, 0.5) is 5.69 Å². The third kappa shape index (κ3) is 5.23. The van der Waals surface area contributed by atoms with Gasteiger partial charge in [-0.3, -0.25) is 15.1 Å². The Morgan fingerprint density at radius 1 is 1.39 bits per heavy atom. The van der Waals surface area contributed by atoms with Crippen LogP contribution in [-0.4, -0.2) is 24.0 Å². The highest BCUT2D eigenvalue weighted by Crippen LogP contribution is 2.34. The second kappa shape index (κ2) is 7.44. The lowest BCUT2D eigenvalue weighted by Crippen LogP contribution is -2.45. The Morgan fingerprint density at radius 3 is 2.70 bits per heavy atom. The molecule has 0 radical (unpaired) electrons. The molecule has 6 nitrogen and oxygen atoms in total. The van der Waals surface area contributed by atoms with E-state index in [1.54, 1.807) is 19.2 Å². The summed E-state index contributed by atoms with van der Waals surface area (Å²) in [6.07, 6.45) is 4.72. The molecule has 0 aliphatic heterocycles. The van der Waals surface area contributed by atoms with Crippen molar-refractivity contribution >= 4 is 11.6 Å². The predicted molar refractivity (Wildman–Crippen MR) is 92.5 cm³/mol. The van der Waals surface area contributed by atoms with Crippen molar-refractivity contribution in [3.8, 4) is 0 Å². The van der Waals surface area contributed by atoms with Crippen molar-refractivity contribution in [1.82, 2.24) is 10.6 Å². The van der Waals surface area contributed by atoms with Gasteiger partial charge in [-0.05, 0) is 36.7 Å². The number of nitro benzene ring substituents is 1. The van der Waals surface area contributed by atoms with Gasteiger partial charge in [0.25, 0.3) is 5.69 Å². The smallest absolute Gasteiger partial charge is 0.269 e. The van der Waals surface area contributed by atoms with Crippen LogP contribution < -0.4 is 10.6 Å². The highest BCUT2D eigenvalue weighted by Gasteiger charge is 2.27. The molecule has 1 aromatic rings. The quantitative estimate of drug-likeness (QED) is 0.386.